The Bertz CT molecular complexity index is 648. The van der Waals surface area contributed by atoms with Crippen LogP contribution in [0.25, 0.3) is 0 Å². The third kappa shape index (κ3) is 5.17. The summed E-state index contributed by atoms with van der Waals surface area (Å²) in [5.41, 5.74) is 0.0495. The Labute approximate surface area is 138 Å². The molecule has 0 radical (unpaired) electrons. The van der Waals surface area contributed by atoms with E-state index in [0.717, 1.165) is 6.07 Å². The highest BCUT2D eigenvalue weighted by atomic mass is 16.6. The molecule has 0 aliphatic heterocycles. The molecule has 0 N–H and O–H groups in total. The zero-order valence-corrected chi connectivity index (χ0v) is 13.2. The van der Waals surface area contributed by atoms with Gasteiger partial charge in [0.25, 0.3) is 5.69 Å². The van der Waals surface area contributed by atoms with Crippen molar-refractivity contribution >= 4 is 23.3 Å². The highest BCUT2D eigenvalue weighted by molar-refractivity contribution is 5.82. The summed E-state index contributed by atoms with van der Waals surface area (Å²) in [7, 11) is 2.40. The average molecular weight is 336 g/mol. The maximum Gasteiger partial charge on any atom is 0.325 e. The lowest BCUT2D eigenvalue weighted by Gasteiger charge is -2.24. The monoisotopic (exact) mass is 336 g/mol. The Balaban J connectivity index is 3.26. The molecule has 1 aromatic carbocycles. The molecule has 1 rings (SSSR count). The summed E-state index contributed by atoms with van der Waals surface area (Å²) < 4.78 is 14.5. The molecule has 0 bridgehead atoms. The number of terminal acetylenes is 1. The molecule has 0 atom stereocenters. The largest absolute Gasteiger partial charge is 0.479 e. The molecule has 0 heterocycles. The van der Waals surface area contributed by atoms with E-state index in [2.05, 4.69) is 15.4 Å². The molecule has 1 aromatic rings. The molecule has 128 valence electrons. The Morgan fingerprint density at radius 3 is 2.29 bits per heavy atom. The summed E-state index contributed by atoms with van der Waals surface area (Å²) >= 11 is 0. The molecule has 24 heavy (non-hydrogen) atoms. The van der Waals surface area contributed by atoms with Gasteiger partial charge in [-0.3, -0.25) is 19.7 Å². The first-order valence-electron chi connectivity index (χ1n) is 6.66. The highest BCUT2D eigenvalue weighted by Crippen LogP contribution is 2.32. The molecule has 0 saturated carbocycles. The van der Waals surface area contributed by atoms with Crippen molar-refractivity contribution in [2.24, 2.45) is 0 Å². The first kappa shape index (κ1) is 18.8. The van der Waals surface area contributed by atoms with Crippen LogP contribution in [-0.4, -0.2) is 50.8 Å². The minimum atomic E-state index is -0.611. The number of hydrogen-bond donors (Lipinski definition) is 0. The predicted molar refractivity (Wildman–Crippen MR) is 83.7 cm³/mol. The van der Waals surface area contributed by atoms with E-state index in [1.165, 1.54) is 31.3 Å². The predicted octanol–water partition coefficient (Wildman–Crippen LogP) is 0.759. The van der Waals surface area contributed by atoms with E-state index in [9.17, 15) is 19.7 Å². The minimum absolute atomic E-state index is 0.0648. The molecular formula is C15H16N2O7. The zero-order valence-electron chi connectivity index (χ0n) is 13.2. The van der Waals surface area contributed by atoms with Gasteiger partial charge in [-0.2, -0.15) is 0 Å². The van der Waals surface area contributed by atoms with Gasteiger partial charge in [0, 0.05) is 6.07 Å². The van der Waals surface area contributed by atoms with Gasteiger partial charge in [-0.05, 0) is 6.07 Å². The van der Waals surface area contributed by atoms with Gasteiger partial charge in [0.1, 0.15) is 19.7 Å². The molecule has 0 aromatic heterocycles. The van der Waals surface area contributed by atoms with Gasteiger partial charge in [-0.15, -0.1) is 6.42 Å². The smallest absolute Gasteiger partial charge is 0.325 e. The van der Waals surface area contributed by atoms with Gasteiger partial charge in [0.15, 0.2) is 5.75 Å². The van der Waals surface area contributed by atoms with E-state index >= 15 is 0 Å². The van der Waals surface area contributed by atoms with Crippen molar-refractivity contribution in [3.63, 3.8) is 0 Å². The lowest BCUT2D eigenvalue weighted by atomic mass is 10.2. The number of carbonyl (C=O) groups excluding carboxylic acids is 2. The normalized spacial score (nSPS) is 9.54. The second kappa shape index (κ2) is 8.99. The zero-order chi connectivity index (χ0) is 18.1. The molecular weight excluding hydrogens is 320 g/mol. The van der Waals surface area contributed by atoms with Gasteiger partial charge < -0.3 is 19.1 Å². The summed E-state index contributed by atoms with van der Waals surface area (Å²) in [4.78, 5) is 34.8. The number of anilines is 1. The highest BCUT2D eigenvalue weighted by Gasteiger charge is 2.22. The SMILES string of the molecule is C#CCOc1cc([N+](=O)[O-])ccc1N(CC(=O)OC)CC(=O)OC. The van der Waals surface area contributed by atoms with Crippen LogP contribution < -0.4 is 9.64 Å². The van der Waals surface area contributed by atoms with Crippen LogP contribution in [0, 0.1) is 22.5 Å². The quantitative estimate of drug-likeness (QED) is 0.296. The topological polar surface area (TPSA) is 108 Å². The lowest BCUT2D eigenvalue weighted by Crippen LogP contribution is -2.36. The maximum absolute atomic E-state index is 11.6. The van der Waals surface area contributed by atoms with Crippen molar-refractivity contribution in [3.05, 3.63) is 28.3 Å². The van der Waals surface area contributed by atoms with Crippen LogP contribution in [0.4, 0.5) is 11.4 Å². The Morgan fingerprint density at radius 1 is 1.25 bits per heavy atom. The maximum atomic E-state index is 11.6. The molecule has 0 amide bonds. The van der Waals surface area contributed by atoms with Crippen LogP contribution in [-0.2, 0) is 19.1 Å². The molecule has 0 spiro atoms. The molecule has 0 aliphatic rings. The lowest BCUT2D eigenvalue weighted by molar-refractivity contribution is -0.384. The number of methoxy groups -OCH3 is 2. The van der Waals surface area contributed by atoms with Gasteiger partial charge in [0.2, 0.25) is 0 Å². The van der Waals surface area contributed by atoms with E-state index < -0.39 is 16.9 Å². The summed E-state index contributed by atoms with van der Waals surface area (Å²) in [6.45, 7) is -0.704. The second-order valence-corrected chi connectivity index (χ2v) is 4.41. The number of non-ortho nitro benzene ring substituents is 1. The van der Waals surface area contributed by atoms with Crippen molar-refractivity contribution in [1.29, 1.82) is 0 Å². The van der Waals surface area contributed by atoms with Gasteiger partial charge in [-0.1, -0.05) is 5.92 Å². The summed E-state index contributed by atoms with van der Waals surface area (Å²) in [6, 6.07) is 3.74. The molecule has 0 unspecified atom stereocenters. The summed E-state index contributed by atoms with van der Waals surface area (Å²) in [5, 5.41) is 10.9. The molecule has 9 heteroatoms. The van der Waals surface area contributed by atoms with Crippen LogP contribution in [0.2, 0.25) is 0 Å². The van der Waals surface area contributed by atoms with E-state index in [-0.39, 0.29) is 36.8 Å². The fourth-order valence-electron chi connectivity index (χ4n) is 1.78. The average Bonchev–Trinajstić information content (AvgIpc) is 2.58. The third-order valence-corrected chi connectivity index (χ3v) is 2.90. The van der Waals surface area contributed by atoms with Gasteiger partial charge in [-0.25, -0.2) is 0 Å². The Morgan fingerprint density at radius 2 is 1.83 bits per heavy atom. The molecule has 0 aliphatic carbocycles. The van der Waals surface area contributed by atoms with Crippen molar-refractivity contribution in [3.8, 4) is 18.1 Å². The first-order chi connectivity index (χ1) is 11.4. The second-order valence-electron chi connectivity index (χ2n) is 4.41. The number of benzene rings is 1. The van der Waals surface area contributed by atoms with E-state index in [1.807, 2.05) is 0 Å². The van der Waals surface area contributed by atoms with Crippen LogP contribution >= 0.6 is 0 Å². The number of nitrogens with zero attached hydrogens (tertiary/aromatic N) is 2. The number of rotatable bonds is 8. The van der Waals surface area contributed by atoms with E-state index in [1.54, 1.807) is 0 Å². The molecule has 0 saturated heterocycles. The van der Waals surface area contributed by atoms with Crippen LogP contribution in [0.15, 0.2) is 18.2 Å². The Hall–Kier alpha value is -3.28. The minimum Gasteiger partial charge on any atom is -0.479 e. The van der Waals surface area contributed by atoms with Crippen LogP contribution in [0.5, 0.6) is 5.75 Å². The molecule has 9 nitrogen and oxygen atoms in total. The number of nitro groups is 1. The van der Waals surface area contributed by atoms with Crippen molar-refractivity contribution in [2.45, 2.75) is 0 Å². The summed E-state index contributed by atoms with van der Waals surface area (Å²) in [5.74, 6) is 1.08. The van der Waals surface area contributed by atoms with Crippen molar-refractivity contribution in [2.75, 3.05) is 38.8 Å². The number of nitro benzene ring substituents is 1. The number of hydrogen-bond acceptors (Lipinski definition) is 8. The van der Waals surface area contributed by atoms with Crippen LogP contribution in [0.3, 0.4) is 0 Å². The third-order valence-electron chi connectivity index (χ3n) is 2.90. The van der Waals surface area contributed by atoms with Crippen LogP contribution in [0.1, 0.15) is 0 Å². The fourth-order valence-corrected chi connectivity index (χ4v) is 1.78. The number of carbonyl (C=O) groups is 2. The standard InChI is InChI=1S/C15H16N2O7/c1-4-7-24-13-8-11(17(20)21)5-6-12(13)16(9-14(18)22-2)10-15(19)23-3/h1,5-6,8H,7,9-10H2,2-3H3. The number of ether oxygens (including phenoxy) is 3. The fraction of sp³-hybridized carbons (Fsp3) is 0.333. The Kier molecular flexibility index (Phi) is 7.03. The summed E-state index contributed by atoms with van der Waals surface area (Å²) in [6.07, 6.45) is 5.13. The van der Waals surface area contributed by atoms with Crippen molar-refractivity contribution < 1.29 is 28.7 Å². The first-order valence-corrected chi connectivity index (χ1v) is 6.66. The van der Waals surface area contributed by atoms with Gasteiger partial charge in [0.05, 0.1) is 30.9 Å². The van der Waals surface area contributed by atoms with E-state index in [4.69, 9.17) is 11.2 Å². The van der Waals surface area contributed by atoms with E-state index in [0.29, 0.717) is 0 Å². The van der Waals surface area contributed by atoms with Gasteiger partial charge >= 0.3 is 11.9 Å². The van der Waals surface area contributed by atoms with Crippen molar-refractivity contribution in [1.82, 2.24) is 0 Å². The number of esters is 2. The molecule has 0 fully saturated rings.